The highest BCUT2D eigenvalue weighted by atomic mass is 19.3. The number of hydrogen-bond acceptors (Lipinski definition) is 6. The quantitative estimate of drug-likeness (QED) is 0.889. The summed E-state index contributed by atoms with van der Waals surface area (Å²) in [7, 11) is 0. The number of benzene rings is 1. The molecule has 5 heterocycles. The van der Waals surface area contributed by atoms with Crippen molar-refractivity contribution in [2.75, 3.05) is 18.4 Å². The van der Waals surface area contributed by atoms with E-state index in [1.165, 1.54) is 38.1 Å². The fourth-order valence-corrected chi connectivity index (χ4v) is 4.39. The predicted octanol–water partition coefficient (Wildman–Crippen LogP) is 3.36. The smallest absolute Gasteiger partial charge is 0.395 e. The topological polar surface area (TPSA) is 59.5 Å². The molecular formula is C19H20F2N4O2. The first-order valence-corrected chi connectivity index (χ1v) is 9.23. The van der Waals surface area contributed by atoms with E-state index in [4.69, 9.17) is 0 Å². The molecule has 1 aromatic heterocycles. The minimum atomic E-state index is -3.62. The van der Waals surface area contributed by atoms with Crippen LogP contribution in [0.15, 0.2) is 30.3 Å². The zero-order valence-electron chi connectivity index (χ0n) is 14.9. The summed E-state index contributed by atoms with van der Waals surface area (Å²) in [4.78, 5) is 2.52. The van der Waals surface area contributed by atoms with E-state index in [-0.39, 0.29) is 11.5 Å². The van der Waals surface area contributed by atoms with E-state index in [2.05, 4.69) is 36.8 Å². The van der Waals surface area contributed by atoms with Crippen molar-refractivity contribution in [2.24, 2.45) is 5.92 Å². The highest BCUT2D eigenvalue weighted by molar-refractivity contribution is 5.64. The average Bonchev–Trinajstić information content (AvgIpc) is 2.98. The van der Waals surface area contributed by atoms with Crippen LogP contribution in [-0.4, -0.2) is 46.6 Å². The Bertz CT molecular complexity index is 851. The molecule has 2 aromatic rings. The Kier molecular flexibility index (Phi) is 3.72. The van der Waals surface area contributed by atoms with Crippen molar-refractivity contribution in [2.45, 2.75) is 38.1 Å². The number of alkyl halides is 2. The van der Waals surface area contributed by atoms with Crippen LogP contribution in [-0.2, 0) is 0 Å². The summed E-state index contributed by atoms with van der Waals surface area (Å²) >= 11 is 0. The lowest BCUT2D eigenvalue weighted by Crippen LogP contribution is -2.59. The minimum Gasteiger partial charge on any atom is -0.395 e. The molecule has 0 saturated carbocycles. The van der Waals surface area contributed by atoms with Crippen molar-refractivity contribution in [3.63, 3.8) is 0 Å². The van der Waals surface area contributed by atoms with E-state index in [1.807, 2.05) is 12.1 Å². The molecule has 0 amide bonds. The van der Waals surface area contributed by atoms with Crippen molar-refractivity contribution < 1.29 is 18.3 Å². The van der Waals surface area contributed by atoms with E-state index in [0.717, 1.165) is 5.82 Å². The Balaban J connectivity index is 1.33. The summed E-state index contributed by atoms with van der Waals surface area (Å²) in [5, 5.41) is 12.1. The molecule has 3 saturated heterocycles. The average molecular weight is 374 g/mol. The molecule has 4 aliphatic rings. The van der Waals surface area contributed by atoms with E-state index >= 15 is 0 Å². The van der Waals surface area contributed by atoms with Crippen molar-refractivity contribution in [3.05, 3.63) is 30.3 Å². The zero-order chi connectivity index (χ0) is 18.6. The Morgan fingerprint density at radius 2 is 1.85 bits per heavy atom. The van der Waals surface area contributed by atoms with Gasteiger partial charge in [-0.1, -0.05) is 0 Å². The molecule has 0 unspecified atom stereocenters. The second-order valence-electron chi connectivity index (χ2n) is 7.42. The molecule has 8 heteroatoms. The number of ether oxygens (including phenoxy) is 2. The van der Waals surface area contributed by atoms with Crippen LogP contribution < -0.4 is 14.8 Å². The number of nitrogens with zero attached hydrogens (tertiary/aromatic N) is 3. The van der Waals surface area contributed by atoms with Crippen LogP contribution in [0, 0.1) is 5.92 Å². The second-order valence-corrected chi connectivity index (χ2v) is 7.42. The molecule has 6 rings (SSSR count). The normalized spacial score (nSPS) is 30.3. The monoisotopic (exact) mass is 374 g/mol. The summed E-state index contributed by atoms with van der Waals surface area (Å²) in [5.41, 5.74) is 1.23. The van der Waals surface area contributed by atoms with Crippen molar-refractivity contribution >= 4 is 5.82 Å². The first-order valence-electron chi connectivity index (χ1n) is 9.23. The van der Waals surface area contributed by atoms with Gasteiger partial charge in [0.25, 0.3) is 0 Å². The van der Waals surface area contributed by atoms with Crippen LogP contribution in [0.5, 0.6) is 11.5 Å². The third-order valence-corrected chi connectivity index (χ3v) is 5.85. The minimum absolute atomic E-state index is 0.00241. The van der Waals surface area contributed by atoms with Gasteiger partial charge in [0.15, 0.2) is 11.5 Å². The lowest BCUT2D eigenvalue weighted by Gasteiger charge is -2.50. The Morgan fingerprint density at radius 1 is 1.07 bits per heavy atom. The first kappa shape index (κ1) is 16.7. The second kappa shape index (κ2) is 6.02. The molecular weight excluding hydrogens is 354 g/mol. The van der Waals surface area contributed by atoms with Crippen LogP contribution in [0.25, 0.3) is 11.3 Å². The van der Waals surface area contributed by atoms with E-state index in [1.54, 1.807) is 6.07 Å². The number of anilines is 1. The summed E-state index contributed by atoms with van der Waals surface area (Å²) in [6.45, 7) is 4.61. The summed E-state index contributed by atoms with van der Waals surface area (Å²) < 4.78 is 35.2. The lowest BCUT2D eigenvalue weighted by molar-refractivity contribution is -0.286. The van der Waals surface area contributed by atoms with Gasteiger partial charge in [-0.25, -0.2) is 0 Å². The number of halogens is 2. The van der Waals surface area contributed by atoms with E-state index in [0.29, 0.717) is 29.3 Å². The third kappa shape index (κ3) is 2.97. The van der Waals surface area contributed by atoms with Gasteiger partial charge in [0.1, 0.15) is 5.82 Å². The SMILES string of the molecule is C[C@@H]1[C@H](Nc2ccc(-c3ccc4c(c3)OC(F)(F)O4)nn2)C2CCN1CC2. The maximum absolute atomic E-state index is 13.2. The zero-order valence-corrected chi connectivity index (χ0v) is 14.9. The highest BCUT2D eigenvalue weighted by Crippen LogP contribution is 2.42. The summed E-state index contributed by atoms with van der Waals surface area (Å²) in [5.74, 6) is 1.42. The summed E-state index contributed by atoms with van der Waals surface area (Å²) in [6.07, 6.45) is -1.18. The Hall–Kier alpha value is -2.48. The van der Waals surface area contributed by atoms with E-state index < -0.39 is 6.29 Å². The van der Waals surface area contributed by atoms with Gasteiger partial charge in [-0.05, 0) is 69.1 Å². The van der Waals surface area contributed by atoms with Crippen LogP contribution >= 0.6 is 0 Å². The summed E-state index contributed by atoms with van der Waals surface area (Å²) in [6, 6.07) is 9.17. The molecule has 0 aliphatic carbocycles. The molecule has 27 heavy (non-hydrogen) atoms. The number of rotatable bonds is 3. The molecule has 4 aliphatic heterocycles. The van der Waals surface area contributed by atoms with Crippen LogP contribution in [0.3, 0.4) is 0 Å². The Morgan fingerprint density at radius 3 is 2.56 bits per heavy atom. The number of piperidine rings is 3. The standard InChI is InChI=1S/C19H20F2N4O2/c1-11-18(12-6-8-25(11)9-7-12)22-17-5-3-14(23-24-17)13-2-4-15-16(10-13)27-19(20,21)26-15/h2-5,10-12,18H,6-9H2,1H3,(H,22,24)/t11-,18+/m1/s1. The number of fused-ring (bicyclic) bond motifs is 4. The fourth-order valence-electron chi connectivity index (χ4n) is 4.39. The van der Waals surface area contributed by atoms with Crippen molar-refractivity contribution in [3.8, 4) is 22.8 Å². The molecule has 1 N–H and O–H groups in total. The number of nitrogens with one attached hydrogen (secondary N) is 1. The molecule has 0 spiro atoms. The predicted molar refractivity (Wildman–Crippen MR) is 94.8 cm³/mol. The molecule has 1 aromatic carbocycles. The maximum atomic E-state index is 13.2. The van der Waals surface area contributed by atoms with Gasteiger partial charge in [-0.2, -0.15) is 0 Å². The molecule has 2 atom stereocenters. The largest absolute Gasteiger partial charge is 0.586 e. The maximum Gasteiger partial charge on any atom is 0.586 e. The number of hydrogen-bond donors (Lipinski definition) is 1. The van der Waals surface area contributed by atoms with Gasteiger partial charge in [0.2, 0.25) is 0 Å². The molecule has 3 fully saturated rings. The third-order valence-electron chi connectivity index (χ3n) is 5.85. The molecule has 0 radical (unpaired) electrons. The van der Waals surface area contributed by atoms with Gasteiger partial charge in [-0.3, -0.25) is 4.90 Å². The lowest BCUT2D eigenvalue weighted by atomic mass is 9.79. The van der Waals surface area contributed by atoms with Crippen LogP contribution in [0.1, 0.15) is 19.8 Å². The van der Waals surface area contributed by atoms with Crippen molar-refractivity contribution in [1.29, 1.82) is 0 Å². The van der Waals surface area contributed by atoms with E-state index in [9.17, 15) is 8.78 Å². The first-order chi connectivity index (χ1) is 13.0. The fraction of sp³-hybridized carbons (Fsp3) is 0.474. The molecule has 2 bridgehead atoms. The molecule has 6 nitrogen and oxygen atoms in total. The highest BCUT2D eigenvalue weighted by Gasteiger charge is 2.43. The van der Waals surface area contributed by atoms with Crippen LogP contribution in [0.2, 0.25) is 0 Å². The van der Waals surface area contributed by atoms with Gasteiger partial charge >= 0.3 is 6.29 Å². The molecule has 142 valence electrons. The van der Waals surface area contributed by atoms with Gasteiger partial charge in [-0.15, -0.1) is 19.0 Å². The van der Waals surface area contributed by atoms with Gasteiger partial charge in [0.05, 0.1) is 5.69 Å². The number of aromatic nitrogens is 2. The van der Waals surface area contributed by atoms with Gasteiger partial charge in [0, 0.05) is 17.6 Å². The van der Waals surface area contributed by atoms with Gasteiger partial charge < -0.3 is 14.8 Å². The van der Waals surface area contributed by atoms with Crippen molar-refractivity contribution in [1.82, 2.24) is 15.1 Å². The van der Waals surface area contributed by atoms with Crippen LogP contribution in [0.4, 0.5) is 14.6 Å². The Labute approximate surface area is 155 Å².